The monoisotopic (exact) mass is 1060 g/mol. The van der Waals surface area contributed by atoms with Gasteiger partial charge in [-0.3, -0.25) is 14.4 Å². The predicted octanol–water partition coefficient (Wildman–Crippen LogP) is 22.7. The molecule has 6 heteroatoms. The summed E-state index contributed by atoms with van der Waals surface area (Å²) in [5, 5.41) is 0. The van der Waals surface area contributed by atoms with Crippen molar-refractivity contribution in [2.24, 2.45) is 0 Å². The normalized spacial score (nSPS) is 12.4. The maximum atomic E-state index is 12.9. The van der Waals surface area contributed by atoms with Crippen molar-refractivity contribution >= 4 is 17.9 Å². The summed E-state index contributed by atoms with van der Waals surface area (Å²) in [5.74, 6) is -0.865. The molecule has 76 heavy (non-hydrogen) atoms. The largest absolute Gasteiger partial charge is 0.462 e. The van der Waals surface area contributed by atoms with Gasteiger partial charge in [-0.15, -0.1) is 0 Å². The van der Waals surface area contributed by atoms with Crippen molar-refractivity contribution < 1.29 is 28.6 Å². The number of hydrogen-bond donors (Lipinski definition) is 0. The van der Waals surface area contributed by atoms with Gasteiger partial charge in [0.05, 0.1) is 0 Å². The third-order valence-corrected chi connectivity index (χ3v) is 14.7. The zero-order chi connectivity index (χ0) is 55.0. The van der Waals surface area contributed by atoms with Crippen molar-refractivity contribution in [1.29, 1.82) is 0 Å². The lowest BCUT2D eigenvalue weighted by atomic mass is 10.0. The lowest BCUT2D eigenvalue weighted by molar-refractivity contribution is -0.167. The van der Waals surface area contributed by atoms with Gasteiger partial charge in [-0.05, 0) is 89.9 Å². The third kappa shape index (κ3) is 62.0. The molecule has 442 valence electrons. The highest BCUT2D eigenvalue weighted by Crippen LogP contribution is 2.17. The molecule has 0 saturated carbocycles. The SMILES string of the molecule is CCCCCC/C=C\C/C=C\CCCCCCCCCC(=O)OC(COC(=O)CCCCCCCCCCCCC)COC(=O)CCCCCCCCCCCCCCCC/C=C\C/C=C\C/C=C\CCCCCCC. The molecule has 0 rings (SSSR count). The molecule has 0 bridgehead atoms. The molecule has 0 aromatic heterocycles. The first-order chi connectivity index (χ1) is 37.5. The molecular weight excluding hydrogens is 937 g/mol. The second-order valence-corrected chi connectivity index (χ2v) is 22.4. The number of esters is 3. The van der Waals surface area contributed by atoms with Gasteiger partial charge in [-0.2, -0.15) is 0 Å². The fraction of sp³-hybridized carbons (Fsp3) is 0.814. The van der Waals surface area contributed by atoms with E-state index in [1.54, 1.807) is 0 Å². The summed E-state index contributed by atoms with van der Waals surface area (Å²) in [6, 6.07) is 0. The van der Waals surface area contributed by atoms with Gasteiger partial charge in [0.15, 0.2) is 6.10 Å². The van der Waals surface area contributed by atoms with E-state index < -0.39 is 6.10 Å². The molecule has 0 spiro atoms. The Morgan fingerprint density at radius 2 is 0.474 bits per heavy atom. The Kier molecular flexibility index (Phi) is 62.2. The molecular formula is C70H126O6. The molecule has 6 nitrogen and oxygen atoms in total. The summed E-state index contributed by atoms with van der Waals surface area (Å²) >= 11 is 0. The second-order valence-electron chi connectivity index (χ2n) is 22.4. The minimum Gasteiger partial charge on any atom is -0.462 e. The summed E-state index contributed by atoms with van der Waals surface area (Å²) in [4.78, 5) is 38.3. The Labute approximate surface area is 472 Å². The van der Waals surface area contributed by atoms with Crippen LogP contribution in [0.25, 0.3) is 0 Å². The molecule has 0 aliphatic carbocycles. The number of carbonyl (C=O) groups is 3. The molecule has 0 aliphatic rings. The van der Waals surface area contributed by atoms with Crippen LogP contribution in [-0.4, -0.2) is 37.2 Å². The average Bonchev–Trinajstić information content (AvgIpc) is 3.42. The highest BCUT2D eigenvalue weighted by atomic mass is 16.6. The van der Waals surface area contributed by atoms with Crippen LogP contribution < -0.4 is 0 Å². The summed E-state index contributed by atoms with van der Waals surface area (Å²) in [7, 11) is 0. The molecule has 0 fully saturated rings. The summed E-state index contributed by atoms with van der Waals surface area (Å²) < 4.78 is 16.9. The van der Waals surface area contributed by atoms with Crippen LogP contribution in [0.2, 0.25) is 0 Å². The Morgan fingerprint density at radius 3 is 0.750 bits per heavy atom. The van der Waals surface area contributed by atoms with Gasteiger partial charge in [0.25, 0.3) is 0 Å². The molecule has 1 atom stereocenters. The van der Waals surface area contributed by atoms with Crippen LogP contribution in [0.4, 0.5) is 0 Å². The fourth-order valence-electron chi connectivity index (χ4n) is 9.72. The first-order valence-corrected chi connectivity index (χ1v) is 33.3. The van der Waals surface area contributed by atoms with Gasteiger partial charge < -0.3 is 14.2 Å². The van der Waals surface area contributed by atoms with Crippen LogP contribution in [0.5, 0.6) is 0 Å². The van der Waals surface area contributed by atoms with E-state index >= 15 is 0 Å². The fourth-order valence-corrected chi connectivity index (χ4v) is 9.72. The van der Waals surface area contributed by atoms with Gasteiger partial charge in [-0.25, -0.2) is 0 Å². The molecule has 0 aromatic rings. The van der Waals surface area contributed by atoms with E-state index in [9.17, 15) is 14.4 Å². The maximum Gasteiger partial charge on any atom is 0.306 e. The standard InChI is InChI=1S/C70H126O6/c1-4-7-10-13-16-19-22-24-26-28-30-31-32-33-34-35-36-37-38-39-40-42-43-45-48-51-54-57-60-63-69(72)75-66-67(65-74-68(71)62-59-56-53-50-47-21-18-15-12-9-6-3)76-70(73)64-61-58-55-52-49-46-44-41-29-27-25-23-20-17-14-11-8-5-2/h20,22-24,27-30,32-33,67H,4-19,21,25-26,31,34-66H2,1-3H3/b23-20-,24-22-,29-27-,30-28-,33-32-. The number of carbonyl (C=O) groups excluding carboxylic acids is 3. The second kappa shape index (κ2) is 64.6. The van der Waals surface area contributed by atoms with Crippen molar-refractivity contribution in [1.82, 2.24) is 0 Å². The van der Waals surface area contributed by atoms with Gasteiger partial charge in [0.1, 0.15) is 13.2 Å². The van der Waals surface area contributed by atoms with E-state index in [1.807, 2.05) is 0 Å². The lowest BCUT2D eigenvalue weighted by Crippen LogP contribution is -2.30. The van der Waals surface area contributed by atoms with Gasteiger partial charge >= 0.3 is 17.9 Å². The average molecular weight is 1060 g/mol. The molecule has 0 aromatic carbocycles. The van der Waals surface area contributed by atoms with Crippen molar-refractivity contribution in [2.75, 3.05) is 13.2 Å². The van der Waals surface area contributed by atoms with E-state index in [2.05, 4.69) is 81.5 Å². The Hall–Kier alpha value is -2.89. The number of hydrogen-bond acceptors (Lipinski definition) is 6. The van der Waals surface area contributed by atoms with E-state index in [0.29, 0.717) is 19.3 Å². The Bertz CT molecular complexity index is 1360. The minimum absolute atomic E-state index is 0.0737. The smallest absolute Gasteiger partial charge is 0.306 e. The Morgan fingerprint density at radius 1 is 0.263 bits per heavy atom. The van der Waals surface area contributed by atoms with Crippen LogP contribution in [0, 0.1) is 0 Å². The van der Waals surface area contributed by atoms with Gasteiger partial charge in [-0.1, -0.05) is 300 Å². The Balaban J connectivity index is 4.19. The number of ether oxygens (including phenoxy) is 3. The third-order valence-electron chi connectivity index (χ3n) is 14.7. The summed E-state index contributed by atoms with van der Waals surface area (Å²) in [6.07, 6.45) is 82.4. The number of rotatable bonds is 61. The van der Waals surface area contributed by atoms with E-state index in [0.717, 1.165) is 83.5 Å². The molecule has 0 radical (unpaired) electrons. The summed E-state index contributed by atoms with van der Waals surface area (Å²) in [5.41, 5.74) is 0. The van der Waals surface area contributed by atoms with E-state index in [4.69, 9.17) is 14.2 Å². The molecule has 0 N–H and O–H groups in total. The zero-order valence-electron chi connectivity index (χ0n) is 50.8. The highest BCUT2D eigenvalue weighted by molar-refractivity contribution is 5.71. The zero-order valence-corrected chi connectivity index (χ0v) is 50.8. The van der Waals surface area contributed by atoms with Gasteiger partial charge in [0.2, 0.25) is 0 Å². The number of allylic oxidation sites excluding steroid dienone is 10. The molecule has 0 amide bonds. The van der Waals surface area contributed by atoms with Crippen molar-refractivity contribution in [2.45, 2.75) is 354 Å². The molecule has 0 saturated heterocycles. The number of unbranched alkanes of at least 4 members (excludes halogenated alkanes) is 40. The quantitative estimate of drug-likeness (QED) is 0.0261. The predicted molar refractivity (Wildman–Crippen MR) is 330 cm³/mol. The topological polar surface area (TPSA) is 78.9 Å². The van der Waals surface area contributed by atoms with Crippen LogP contribution in [0.15, 0.2) is 60.8 Å². The van der Waals surface area contributed by atoms with Crippen molar-refractivity contribution in [3.63, 3.8) is 0 Å². The van der Waals surface area contributed by atoms with E-state index in [-0.39, 0.29) is 31.1 Å². The summed E-state index contributed by atoms with van der Waals surface area (Å²) in [6.45, 7) is 6.64. The first kappa shape index (κ1) is 73.1. The lowest BCUT2D eigenvalue weighted by Gasteiger charge is -2.18. The maximum absolute atomic E-state index is 12.9. The van der Waals surface area contributed by atoms with Crippen molar-refractivity contribution in [3.05, 3.63) is 60.8 Å². The van der Waals surface area contributed by atoms with Crippen molar-refractivity contribution in [3.8, 4) is 0 Å². The van der Waals surface area contributed by atoms with E-state index in [1.165, 1.54) is 225 Å². The first-order valence-electron chi connectivity index (χ1n) is 33.3. The van der Waals surface area contributed by atoms with Crippen LogP contribution in [-0.2, 0) is 28.6 Å². The highest BCUT2D eigenvalue weighted by Gasteiger charge is 2.19. The molecule has 0 aliphatic heterocycles. The van der Waals surface area contributed by atoms with Crippen LogP contribution in [0.3, 0.4) is 0 Å². The van der Waals surface area contributed by atoms with Crippen LogP contribution in [0.1, 0.15) is 348 Å². The molecule has 0 heterocycles. The molecule has 1 unspecified atom stereocenters. The minimum atomic E-state index is -0.777. The van der Waals surface area contributed by atoms with Gasteiger partial charge in [0, 0.05) is 19.3 Å². The van der Waals surface area contributed by atoms with Crippen LogP contribution >= 0.6 is 0 Å².